The van der Waals surface area contributed by atoms with Crippen LogP contribution >= 0.6 is 0 Å². The molecule has 3 N–H and O–H groups in total. The number of carboxylic acids is 1. The van der Waals surface area contributed by atoms with Crippen LogP contribution in [0.3, 0.4) is 0 Å². The first kappa shape index (κ1) is 47.1. The molecular formula is C46H62FN15O5. The number of carbonyl (C=O) groups is 2. The molecule has 1 amide bonds. The van der Waals surface area contributed by atoms with E-state index in [4.69, 9.17) is 20.9 Å². The maximum atomic E-state index is 12.9. The topological polar surface area (TPSA) is 220 Å². The number of aliphatic carboxylic acids is 1. The summed E-state index contributed by atoms with van der Waals surface area (Å²) in [4.78, 5) is 48.8. The zero-order chi connectivity index (χ0) is 48.0. The quantitative estimate of drug-likeness (QED) is 0.177. The molecule has 6 aromatic rings. The number of ether oxygens (including phenoxy) is 2. The van der Waals surface area contributed by atoms with Crippen LogP contribution in [0.4, 0.5) is 10.3 Å². The van der Waals surface area contributed by atoms with E-state index in [0.717, 1.165) is 100 Å². The number of benzene rings is 2. The number of rotatable bonds is 10. The standard InChI is InChI=1S/C23H29N7O2.C17H18N6O3.C5H12N2.CH3F/c1-28-9-11-29(12-10-28)23(31)17-4-3-16(13-17)14-21-24-15-20-22(25-21)30(27-26-20)18-5-7-19(32-2)8-6-18;1-26-13-6-4-12(5-7-13)23-15-14(21-22-23)9-18-17(20-15)19-11-3-2-10(8-11)16(24)25;1-7-4-2-6-3-5-7;1-2/h5-8,15-17H,3-4,9-14H2,1-2H3;4-7,9-11H,2-3,8H2,1H3,(H,24,25)(H,18,19,20);6H,2-5H2,1H3;1H3/t16-,17+;10-,11+;;/m01../s1/i;;;1D. The Bertz CT molecular complexity index is 2540. The highest BCUT2D eigenvalue weighted by molar-refractivity contribution is 5.79. The smallest absolute Gasteiger partial charge is 0.306 e. The number of amides is 1. The van der Waals surface area contributed by atoms with E-state index in [2.05, 4.69) is 75.0 Å². The minimum atomic E-state index is -1.00. The molecule has 2 aliphatic heterocycles. The number of carboxylic acid groups (broad SMARTS) is 1. The second-order valence-electron chi connectivity index (χ2n) is 17.2. The molecule has 0 radical (unpaired) electrons. The van der Waals surface area contributed by atoms with E-state index in [1.165, 1.54) is 13.1 Å². The van der Waals surface area contributed by atoms with Crippen LogP contribution in [0.5, 0.6) is 11.5 Å². The van der Waals surface area contributed by atoms with Crippen LogP contribution in [0.1, 0.15) is 45.7 Å². The zero-order valence-electron chi connectivity index (χ0n) is 39.7. The third kappa shape index (κ3) is 12.5. The lowest BCUT2D eigenvalue weighted by Crippen LogP contribution is -2.48. The highest BCUT2D eigenvalue weighted by Crippen LogP contribution is 2.34. The van der Waals surface area contributed by atoms with Crippen molar-refractivity contribution < 1.29 is 29.9 Å². The molecule has 2 saturated carbocycles. The molecule has 2 aliphatic carbocycles. The van der Waals surface area contributed by atoms with E-state index in [9.17, 15) is 14.0 Å². The molecule has 0 bridgehead atoms. The molecule has 6 heterocycles. The molecule has 21 heteroatoms. The monoisotopic (exact) mass is 925 g/mol. The summed E-state index contributed by atoms with van der Waals surface area (Å²) in [5.74, 6) is 2.63. The van der Waals surface area contributed by atoms with E-state index in [1.54, 1.807) is 36.0 Å². The van der Waals surface area contributed by atoms with Crippen molar-refractivity contribution in [1.82, 2.24) is 69.9 Å². The normalized spacial score (nSPS) is 21.0. The number of aromatic nitrogens is 10. The van der Waals surface area contributed by atoms with E-state index in [0.29, 0.717) is 52.9 Å². The van der Waals surface area contributed by atoms with E-state index in [1.807, 2.05) is 48.5 Å². The number of anilines is 1. The fourth-order valence-corrected chi connectivity index (χ4v) is 8.78. The van der Waals surface area contributed by atoms with Crippen molar-refractivity contribution >= 4 is 40.2 Å². The van der Waals surface area contributed by atoms with Gasteiger partial charge < -0.3 is 39.9 Å². The van der Waals surface area contributed by atoms with E-state index in [-0.39, 0.29) is 17.9 Å². The Morgan fingerprint density at radius 2 is 1.31 bits per heavy atom. The number of hydrogen-bond donors (Lipinski definition) is 3. The van der Waals surface area contributed by atoms with Crippen LogP contribution in [0.2, 0.25) is 0 Å². The van der Waals surface area contributed by atoms with Crippen LogP contribution in [-0.2, 0) is 16.0 Å². The SMILES string of the molecule is CN1CCNCC1.COc1ccc(-n2nnc3cnc(C[C@H]4CC[C@@H](C(=O)N5CCN(C)CC5)C4)nc32)cc1.COc1ccc(-n2nnc3cnc(N[C@H]4CC[C@@H](C(=O)O)C4)nc32)cc1.[2H]CF. The van der Waals surface area contributed by atoms with Gasteiger partial charge >= 0.3 is 5.97 Å². The Kier molecular flexibility index (Phi) is 16.4. The maximum absolute atomic E-state index is 12.9. The van der Waals surface area contributed by atoms with Crippen molar-refractivity contribution in [3.8, 4) is 22.9 Å². The van der Waals surface area contributed by atoms with Crippen molar-refractivity contribution in [1.29, 1.82) is 0 Å². The average Bonchev–Trinajstić information content (AvgIpc) is 4.20. The predicted octanol–water partition coefficient (Wildman–Crippen LogP) is 3.94. The molecule has 67 heavy (non-hydrogen) atoms. The van der Waals surface area contributed by atoms with Crippen molar-refractivity contribution in [3.63, 3.8) is 0 Å². The molecular weight excluding hydrogens is 862 g/mol. The number of nitrogens with zero attached hydrogens (tertiary/aromatic N) is 13. The van der Waals surface area contributed by atoms with Gasteiger partial charge in [-0.1, -0.05) is 10.4 Å². The number of alkyl halides is 1. The number of halogens is 1. The summed E-state index contributed by atoms with van der Waals surface area (Å²) in [6.45, 7) is 8.36. The Balaban J connectivity index is 0.000000170. The van der Waals surface area contributed by atoms with Crippen molar-refractivity contribution in [2.45, 2.75) is 51.0 Å². The Hall–Kier alpha value is -6.45. The average molecular weight is 925 g/mol. The van der Waals surface area contributed by atoms with Crippen LogP contribution in [0, 0.1) is 17.8 Å². The summed E-state index contributed by atoms with van der Waals surface area (Å²) >= 11 is 0. The minimum Gasteiger partial charge on any atom is -0.497 e. The molecule has 4 aromatic heterocycles. The number of fused-ring (bicyclic) bond motifs is 2. The van der Waals surface area contributed by atoms with Gasteiger partial charge in [-0.3, -0.25) is 14.0 Å². The number of piperazine rings is 2. The maximum Gasteiger partial charge on any atom is 0.306 e. The second-order valence-corrected chi connectivity index (χ2v) is 17.2. The lowest BCUT2D eigenvalue weighted by Gasteiger charge is -2.34. The van der Waals surface area contributed by atoms with Gasteiger partial charge in [0, 0.05) is 70.7 Å². The van der Waals surface area contributed by atoms with Crippen molar-refractivity contribution in [3.05, 3.63) is 66.7 Å². The summed E-state index contributed by atoms with van der Waals surface area (Å²) in [5, 5.41) is 32.3. The van der Waals surface area contributed by atoms with Gasteiger partial charge in [0.25, 0.3) is 0 Å². The number of hydrogen-bond acceptors (Lipinski definition) is 16. The number of methoxy groups -OCH3 is 2. The molecule has 2 saturated heterocycles. The number of nitrogens with one attached hydrogen (secondary N) is 2. The third-order valence-electron chi connectivity index (χ3n) is 12.7. The second kappa shape index (κ2) is 23.3. The summed E-state index contributed by atoms with van der Waals surface area (Å²) in [5.41, 5.74) is 4.21. The van der Waals surface area contributed by atoms with Gasteiger partial charge in [0.15, 0.2) is 22.3 Å². The molecule has 4 fully saturated rings. The van der Waals surface area contributed by atoms with Gasteiger partial charge in [-0.25, -0.2) is 15.0 Å². The molecule has 4 aliphatic rings. The van der Waals surface area contributed by atoms with Crippen LogP contribution in [-0.4, -0.2) is 175 Å². The van der Waals surface area contributed by atoms with Crippen LogP contribution in [0.15, 0.2) is 60.9 Å². The van der Waals surface area contributed by atoms with Crippen molar-refractivity contribution in [2.24, 2.45) is 17.8 Å². The van der Waals surface area contributed by atoms with Gasteiger partial charge in [0.1, 0.15) is 17.3 Å². The Labute approximate surface area is 390 Å². The molecule has 10 rings (SSSR count). The first-order valence-electron chi connectivity index (χ1n) is 23.4. The summed E-state index contributed by atoms with van der Waals surface area (Å²) in [6, 6.07) is 15.1. The first-order valence-corrected chi connectivity index (χ1v) is 22.7. The molecule has 4 atom stereocenters. The van der Waals surface area contributed by atoms with Gasteiger partial charge in [-0.05, 0) is 107 Å². The fraction of sp³-hybridized carbons (Fsp3) is 0.522. The number of carbonyl (C=O) groups excluding carboxylic acids is 1. The zero-order valence-corrected chi connectivity index (χ0v) is 38.7. The lowest BCUT2D eigenvalue weighted by atomic mass is 10.00. The van der Waals surface area contributed by atoms with E-state index < -0.39 is 13.1 Å². The minimum absolute atomic E-state index is 0.0545. The van der Waals surface area contributed by atoms with Crippen LogP contribution < -0.4 is 20.1 Å². The van der Waals surface area contributed by atoms with Gasteiger partial charge in [-0.15, -0.1) is 10.2 Å². The van der Waals surface area contributed by atoms with Crippen molar-refractivity contribution in [2.75, 3.05) is 93.1 Å². The third-order valence-corrected chi connectivity index (χ3v) is 12.7. The molecule has 20 nitrogen and oxygen atoms in total. The fourth-order valence-electron chi connectivity index (χ4n) is 8.78. The van der Waals surface area contributed by atoms with Gasteiger partial charge in [-0.2, -0.15) is 14.3 Å². The lowest BCUT2D eigenvalue weighted by molar-refractivity contribution is -0.141. The van der Waals surface area contributed by atoms with E-state index >= 15 is 0 Å². The van der Waals surface area contributed by atoms with Crippen LogP contribution in [0.25, 0.3) is 33.7 Å². The van der Waals surface area contributed by atoms with Gasteiger partial charge in [0.05, 0.1) is 52.4 Å². The molecule has 2 aromatic carbocycles. The Morgan fingerprint density at radius 3 is 1.85 bits per heavy atom. The molecule has 0 spiro atoms. The predicted molar refractivity (Wildman–Crippen MR) is 250 cm³/mol. The summed E-state index contributed by atoms with van der Waals surface area (Å²) in [7, 11) is 6.52. The highest BCUT2D eigenvalue weighted by atomic mass is 19.1. The number of likely N-dealkylation sites (N-methyl/N-ethyl adjacent to an activating group) is 2. The first-order chi connectivity index (χ1) is 33.0. The summed E-state index contributed by atoms with van der Waals surface area (Å²) < 4.78 is 29.3. The molecule has 358 valence electrons. The van der Waals surface area contributed by atoms with Gasteiger partial charge in [0.2, 0.25) is 11.9 Å². The summed E-state index contributed by atoms with van der Waals surface area (Å²) in [6.07, 6.45) is 9.08. The Morgan fingerprint density at radius 1 is 0.761 bits per heavy atom. The largest absolute Gasteiger partial charge is 0.497 e. The molecule has 0 unspecified atom stereocenters. The highest BCUT2D eigenvalue weighted by Gasteiger charge is 2.34.